The van der Waals surface area contributed by atoms with Gasteiger partial charge in [-0.2, -0.15) is 0 Å². The molecule has 1 unspecified atom stereocenters. The third-order valence-electron chi connectivity index (χ3n) is 3.88. The van der Waals surface area contributed by atoms with Crippen LogP contribution in [0.25, 0.3) is 0 Å². The highest BCUT2D eigenvalue weighted by Gasteiger charge is 2.21. The Hall–Kier alpha value is -2.05. The highest BCUT2D eigenvalue weighted by atomic mass is 32.2. The average molecular weight is 349 g/mol. The molecule has 2 rings (SSSR count). The molecule has 0 aromatic heterocycles. The van der Waals surface area contributed by atoms with Crippen molar-refractivity contribution in [1.29, 1.82) is 0 Å². The maximum absolute atomic E-state index is 12.7. The molecule has 0 aliphatic rings. The molecule has 0 heterocycles. The minimum atomic E-state index is -3.65. The zero-order valence-electron chi connectivity index (χ0n) is 14.4. The van der Waals surface area contributed by atoms with Gasteiger partial charge in [-0.25, -0.2) is 13.1 Å². The van der Waals surface area contributed by atoms with E-state index in [4.69, 9.17) is 9.47 Å². The Kier molecular flexibility index (Phi) is 5.85. The van der Waals surface area contributed by atoms with Gasteiger partial charge in [-0.1, -0.05) is 25.1 Å². The Morgan fingerprint density at radius 3 is 2.33 bits per heavy atom. The summed E-state index contributed by atoms with van der Waals surface area (Å²) in [6, 6.07) is 11.8. The van der Waals surface area contributed by atoms with Crippen molar-refractivity contribution in [3.63, 3.8) is 0 Å². The van der Waals surface area contributed by atoms with Gasteiger partial charge >= 0.3 is 0 Å². The van der Waals surface area contributed by atoms with Crippen molar-refractivity contribution in [2.75, 3.05) is 14.2 Å². The second-order valence-electron chi connectivity index (χ2n) is 5.41. The van der Waals surface area contributed by atoms with Gasteiger partial charge in [0.1, 0.15) is 11.5 Å². The predicted molar refractivity (Wildman–Crippen MR) is 94.1 cm³/mol. The molecule has 0 radical (unpaired) electrons. The standard InChI is InChI=1S/C18H23NO4S/c1-5-14-12-15(10-11-17(14)22-3)24(20,21)19-13(2)16-8-6-7-9-18(16)23-4/h6-13,19H,5H2,1-4H3. The topological polar surface area (TPSA) is 64.6 Å². The molecule has 0 spiro atoms. The number of benzene rings is 2. The molecular formula is C18H23NO4S. The lowest BCUT2D eigenvalue weighted by Gasteiger charge is -2.18. The zero-order chi connectivity index (χ0) is 17.7. The van der Waals surface area contributed by atoms with E-state index in [0.29, 0.717) is 17.9 Å². The minimum Gasteiger partial charge on any atom is -0.496 e. The van der Waals surface area contributed by atoms with Crippen LogP contribution in [0.3, 0.4) is 0 Å². The van der Waals surface area contributed by atoms with Gasteiger partial charge < -0.3 is 9.47 Å². The fourth-order valence-corrected chi connectivity index (χ4v) is 3.86. The SMILES string of the molecule is CCc1cc(S(=O)(=O)NC(C)c2ccccc2OC)ccc1OC. The van der Waals surface area contributed by atoms with Crippen molar-refractivity contribution in [2.24, 2.45) is 0 Å². The van der Waals surface area contributed by atoms with Crippen LogP contribution in [0.15, 0.2) is 47.4 Å². The molecule has 6 heteroatoms. The fraction of sp³-hybridized carbons (Fsp3) is 0.333. The first-order chi connectivity index (χ1) is 11.4. The fourth-order valence-electron chi connectivity index (χ4n) is 2.59. The second kappa shape index (κ2) is 7.68. The average Bonchev–Trinajstić information content (AvgIpc) is 2.60. The van der Waals surface area contributed by atoms with E-state index in [9.17, 15) is 8.42 Å². The van der Waals surface area contributed by atoms with Crippen LogP contribution in [0.2, 0.25) is 0 Å². The number of nitrogens with one attached hydrogen (secondary N) is 1. The number of ether oxygens (including phenoxy) is 2. The van der Waals surface area contributed by atoms with Crippen molar-refractivity contribution in [3.8, 4) is 11.5 Å². The van der Waals surface area contributed by atoms with E-state index >= 15 is 0 Å². The van der Waals surface area contributed by atoms with Crippen molar-refractivity contribution in [1.82, 2.24) is 4.72 Å². The quantitative estimate of drug-likeness (QED) is 0.833. The molecule has 24 heavy (non-hydrogen) atoms. The van der Waals surface area contributed by atoms with Crippen LogP contribution in [0.4, 0.5) is 0 Å². The first-order valence-electron chi connectivity index (χ1n) is 7.75. The summed E-state index contributed by atoms with van der Waals surface area (Å²) in [6.45, 7) is 3.75. The van der Waals surface area contributed by atoms with E-state index in [1.54, 1.807) is 39.3 Å². The summed E-state index contributed by atoms with van der Waals surface area (Å²) >= 11 is 0. The lowest BCUT2D eigenvalue weighted by atomic mass is 10.1. The van der Waals surface area contributed by atoms with Crippen LogP contribution >= 0.6 is 0 Å². The predicted octanol–water partition coefficient (Wildman–Crippen LogP) is 3.31. The van der Waals surface area contributed by atoms with Crippen molar-refractivity contribution < 1.29 is 17.9 Å². The molecule has 0 saturated heterocycles. The van der Waals surface area contributed by atoms with Gasteiger partial charge in [0.15, 0.2) is 0 Å². The molecule has 0 fully saturated rings. The van der Waals surface area contributed by atoms with Crippen molar-refractivity contribution >= 4 is 10.0 Å². The van der Waals surface area contributed by atoms with Crippen LogP contribution in [0.5, 0.6) is 11.5 Å². The van der Waals surface area contributed by atoms with Gasteiger partial charge in [-0.3, -0.25) is 0 Å². The lowest BCUT2D eigenvalue weighted by Crippen LogP contribution is -2.27. The molecule has 1 N–H and O–H groups in total. The number of methoxy groups -OCH3 is 2. The molecule has 0 bridgehead atoms. The number of aryl methyl sites for hydroxylation is 1. The summed E-state index contributed by atoms with van der Waals surface area (Å²) in [5, 5.41) is 0. The number of hydrogen-bond acceptors (Lipinski definition) is 4. The molecule has 0 saturated carbocycles. The first kappa shape index (κ1) is 18.3. The van der Waals surface area contributed by atoms with E-state index < -0.39 is 16.1 Å². The number of rotatable bonds is 7. The molecule has 2 aromatic carbocycles. The third kappa shape index (κ3) is 3.88. The number of para-hydroxylation sites is 1. The summed E-state index contributed by atoms with van der Waals surface area (Å²) in [4.78, 5) is 0.224. The molecule has 0 aliphatic carbocycles. The summed E-state index contributed by atoms with van der Waals surface area (Å²) in [6.07, 6.45) is 0.689. The molecule has 0 amide bonds. The van der Waals surface area contributed by atoms with Crippen molar-refractivity contribution in [3.05, 3.63) is 53.6 Å². The van der Waals surface area contributed by atoms with E-state index in [1.807, 2.05) is 31.2 Å². The third-order valence-corrected chi connectivity index (χ3v) is 5.42. The monoisotopic (exact) mass is 349 g/mol. The van der Waals surface area contributed by atoms with Gasteiger partial charge in [-0.15, -0.1) is 0 Å². The van der Waals surface area contributed by atoms with Gasteiger partial charge in [0.25, 0.3) is 0 Å². The highest BCUT2D eigenvalue weighted by molar-refractivity contribution is 7.89. The number of sulfonamides is 1. The van der Waals surface area contributed by atoms with Crippen LogP contribution in [0, 0.1) is 0 Å². The summed E-state index contributed by atoms with van der Waals surface area (Å²) in [5.74, 6) is 1.34. The van der Waals surface area contributed by atoms with Crippen LogP contribution < -0.4 is 14.2 Å². The summed E-state index contributed by atoms with van der Waals surface area (Å²) < 4.78 is 38.6. The van der Waals surface area contributed by atoms with E-state index in [0.717, 1.165) is 11.1 Å². The van der Waals surface area contributed by atoms with Gasteiger partial charge in [-0.05, 0) is 43.2 Å². The maximum Gasteiger partial charge on any atom is 0.241 e. The molecule has 5 nitrogen and oxygen atoms in total. The Bertz CT molecular complexity index is 802. The molecule has 130 valence electrons. The molecular weight excluding hydrogens is 326 g/mol. The lowest BCUT2D eigenvalue weighted by molar-refractivity contribution is 0.405. The van der Waals surface area contributed by atoms with Crippen LogP contribution in [0.1, 0.15) is 31.0 Å². The molecule has 2 aromatic rings. The van der Waals surface area contributed by atoms with Crippen LogP contribution in [-0.4, -0.2) is 22.6 Å². The minimum absolute atomic E-state index is 0.224. The summed E-state index contributed by atoms with van der Waals surface area (Å²) in [5.41, 5.74) is 1.64. The first-order valence-corrected chi connectivity index (χ1v) is 9.23. The summed E-state index contributed by atoms with van der Waals surface area (Å²) in [7, 11) is -0.511. The van der Waals surface area contributed by atoms with Gasteiger partial charge in [0.05, 0.1) is 19.1 Å². The molecule has 1 atom stereocenters. The Balaban J connectivity index is 2.31. The normalized spacial score (nSPS) is 12.7. The Morgan fingerprint density at radius 2 is 1.71 bits per heavy atom. The number of hydrogen-bond donors (Lipinski definition) is 1. The van der Waals surface area contributed by atoms with E-state index in [2.05, 4.69) is 4.72 Å². The Morgan fingerprint density at radius 1 is 1.04 bits per heavy atom. The second-order valence-corrected chi connectivity index (χ2v) is 7.13. The smallest absolute Gasteiger partial charge is 0.241 e. The maximum atomic E-state index is 12.7. The van der Waals surface area contributed by atoms with Gasteiger partial charge in [0.2, 0.25) is 10.0 Å². The van der Waals surface area contributed by atoms with Crippen molar-refractivity contribution in [2.45, 2.75) is 31.2 Å². The molecule has 0 aliphatic heterocycles. The zero-order valence-corrected chi connectivity index (χ0v) is 15.2. The van der Waals surface area contributed by atoms with E-state index in [1.165, 1.54) is 0 Å². The van der Waals surface area contributed by atoms with Gasteiger partial charge in [0, 0.05) is 11.6 Å². The Labute approximate surface area is 143 Å². The van der Waals surface area contributed by atoms with Crippen LogP contribution in [-0.2, 0) is 16.4 Å². The van der Waals surface area contributed by atoms with E-state index in [-0.39, 0.29) is 4.90 Å². The highest BCUT2D eigenvalue weighted by Crippen LogP contribution is 2.27. The largest absolute Gasteiger partial charge is 0.496 e.